The maximum Gasteiger partial charge on any atom is 0.166 e. The molecule has 0 N–H and O–H groups in total. The van der Waals surface area contributed by atoms with Crippen LogP contribution in [0.5, 0.6) is 0 Å². The van der Waals surface area contributed by atoms with E-state index in [4.69, 9.17) is 0 Å². The van der Waals surface area contributed by atoms with Crippen LogP contribution in [0.15, 0.2) is 24.3 Å². The van der Waals surface area contributed by atoms with Crippen LogP contribution in [0.3, 0.4) is 0 Å². The van der Waals surface area contributed by atoms with Gasteiger partial charge in [0.05, 0.1) is 0 Å². The largest absolute Gasteiger partial charge is 0.294 e. The van der Waals surface area contributed by atoms with E-state index in [9.17, 15) is 4.79 Å². The summed E-state index contributed by atoms with van der Waals surface area (Å²) in [7, 11) is 0. The van der Waals surface area contributed by atoms with E-state index in [0.717, 1.165) is 24.0 Å². The summed E-state index contributed by atoms with van der Waals surface area (Å²) in [5.41, 5.74) is 2.02. The Morgan fingerprint density at radius 1 is 1.33 bits per heavy atom. The van der Waals surface area contributed by atoms with Crippen molar-refractivity contribution in [3.63, 3.8) is 0 Å². The molecular weight excluding hydrogens is 148 g/mol. The molecule has 0 radical (unpaired) electrons. The molecule has 1 heteroatoms. The highest BCUT2D eigenvalue weighted by Gasteiger charge is 2.30. The SMILES string of the molecule is Cc1ccccc1C(=O)C1CC1. The number of aryl methyl sites for hydroxylation is 1. The molecule has 0 unspecified atom stereocenters. The minimum absolute atomic E-state index is 0.339. The average Bonchev–Trinajstić information content (AvgIpc) is 2.86. The topological polar surface area (TPSA) is 17.1 Å². The third-order valence-corrected chi connectivity index (χ3v) is 2.36. The van der Waals surface area contributed by atoms with Crippen LogP contribution in [0.25, 0.3) is 0 Å². The Morgan fingerprint density at radius 3 is 2.58 bits per heavy atom. The molecular formula is C11H12O. The standard InChI is InChI=1S/C11H12O/c1-8-4-2-3-5-10(8)11(12)9-6-7-9/h2-5,9H,6-7H2,1H3. The van der Waals surface area contributed by atoms with Gasteiger partial charge in [-0.05, 0) is 25.3 Å². The van der Waals surface area contributed by atoms with Gasteiger partial charge < -0.3 is 0 Å². The zero-order valence-electron chi connectivity index (χ0n) is 7.21. The summed E-state index contributed by atoms with van der Waals surface area (Å²) in [6, 6.07) is 7.83. The molecule has 1 aliphatic rings. The van der Waals surface area contributed by atoms with E-state index in [2.05, 4.69) is 0 Å². The second-order valence-corrected chi connectivity index (χ2v) is 3.45. The number of carbonyl (C=O) groups is 1. The molecule has 1 saturated carbocycles. The first-order valence-corrected chi connectivity index (χ1v) is 4.39. The number of rotatable bonds is 2. The Morgan fingerprint density at radius 2 is 2.00 bits per heavy atom. The number of ketones is 1. The molecule has 0 amide bonds. The van der Waals surface area contributed by atoms with Crippen molar-refractivity contribution >= 4 is 5.78 Å². The van der Waals surface area contributed by atoms with E-state index >= 15 is 0 Å². The quantitative estimate of drug-likeness (QED) is 0.608. The number of benzene rings is 1. The maximum atomic E-state index is 11.6. The fourth-order valence-electron chi connectivity index (χ4n) is 1.41. The van der Waals surface area contributed by atoms with Crippen LogP contribution in [0, 0.1) is 12.8 Å². The van der Waals surface area contributed by atoms with Gasteiger partial charge in [-0.25, -0.2) is 0 Å². The van der Waals surface area contributed by atoms with Crippen LogP contribution in [-0.4, -0.2) is 5.78 Å². The predicted molar refractivity (Wildman–Crippen MR) is 48.2 cm³/mol. The summed E-state index contributed by atoms with van der Waals surface area (Å²) in [5.74, 6) is 0.680. The van der Waals surface area contributed by atoms with Gasteiger partial charge in [-0.15, -0.1) is 0 Å². The molecule has 1 aliphatic carbocycles. The molecule has 1 fully saturated rings. The fraction of sp³-hybridized carbons (Fsp3) is 0.364. The minimum atomic E-state index is 0.339. The fourth-order valence-corrected chi connectivity index (χ4v) is 1.41. The highest BCUT2D eigenvalue weighted by Crippen LogP contribution is 2.33. The molecule has 1 aromatic rings. The van der Waals surface area contributed by atoms with Crippen molar-refractivity contribution < 1.29 is 4.79 Å². The average molecular weight is 160 g/mol. The number of carbonyl (C=O) groups excluding carboxylic acids is 1. The Labute approximate surface area is 72.4 Å². The van der Waals surface area contributed by atoms with Crippen molar-refractivity contribution in [3.05, 3.63) is 35.4 Å². The van der Waals surface area contributed by atoms with E-state index in [-0.39, 0.29) is 0 Å². The van der Waals surface area contributed by atoms with Gasteiger partial charge >= 0.3 is 0 Å². The molecule has 1 aromatic carbocycles. The number of hydrogen-bond donors (Lipinski definition) is 0. The molecule has 0 aliphatic heterocycles. The highest BCUT2D eigenvalue weighted by atomic mass is 16.1. The van der Waals surface area contributed by atoms with Crippen LogP contribution in [0.2, 0.25) is 0 Å². The first-order chi connectivity index (χ1) is 5.79. The van der Waals surface area contributed by atoms with Gasteiger partial charge in [0.2, 0.25) is 0 Å². The van der Waals surface area contributed by atoms with Gasteiger partial charge in [-0.2, -0.15) is 0 Å². The first-order valence-electron chi connectivity index (χ1n) is 4.39. The zero-order valence-corrected chi connectivity index (χ0v) is 7.21. The molecule has 0 saturated heterocycles. The summed E-state index contributed by atoms with van der Waals surface area (Å²) in [6.07, 6.45) is 2.18. The molecule has 2 rings (SSSR count). The Kier molecular flexibility index (Phi) is 1.72. The maximum absolute atomic E-state index is 11.6. The van der Waals surface area contributed by atoms with Crippen molar-refractivity contribution in [2.75, 3.05) is 0 Å². The van der Waals surface area contributed by atoms with Crippen LogP contribution >= 0.6 is 0 Å². The van der Waals surface area contributed by atoms with Crippen LogP contribution in [0.1, 0.15) is 28.8 Å². The summed E-state index contributed by atoms with van der Waals surface area (Å²) < 4.78 is 0. The lowest BCUT2D eigenvalue weighted by atomic mass is 10.0. The van der Waals surface area contributed by atoms with Crippen molar-refractivity contribution in [1.29, 1.82) is 0 Å². The molecule has 0 spiro atoms. The molecule has 12 heavy (non-hydrogen) atoms. The van der Waals surface area contributed by atoms with E-state index in [1.807, 2.05) is 31.2 Å². The molecule has 0 heterocycles. The van der Waals surface area contributed by atoms with Gasteiger partial charge in [0, 0.05) is 11.5 Å². The van der Waals surface area contributed by atoms with Gasteiger partial charge in [-0.3, -0.25) is 4.79 Å². The zero-order chi connectivity index (χ0) is 8.55. The van der Waals surface area contributed by atoms with Crippen molar-refractivity contribution in [2.24, 2.45) is 5.92 Å². The lowest BCUT2D eigenvalue weighted by Gasteiger charge is -2.01. The summed E-state index contributed by atoms with van der Waals surface area (Å²) >= 11 is 0. The second-order valence-electron chi connectivity index (χ2n) is 3.45. The van der Waals surface area contributed by atoms with Crippen molar-refractivity contribution in [3.8, 4) is 0 Å². The lowest BCUT2D eigenvalue weighted by Crippen LogP contribution is -2.02. The Bertz CT molecular complexity index is 311. The molecule has 0 atom stereocenters. The van der Waals surface area contributed by atoms with Gasteiger partial charge in [0.1, 0.15) is 0 Å². The summed E-state index contributed by atoms with van der Waals surface area (Å²) in [6.45, 7) is 2.00. The summed E-state index contributed by atoms with van der Waals surface area (Å²) in [5, 5.41) is 0. The van der Waals surface area contributed by atoms with E-state index in [1.54, 1.807) is 0 Å². The second kappa shape index (κ2) is 2.74. The normalized spacial score (nSPS) is 16.1. The van der Waals surface area contributed by atoms with Crippen molar-refractivity contribution in [1.82, 2.24) is 0 Å². The van der Waals surface area contributed by atoms with Crippen LogP contribution in [0.4, 0.5) is 0 Å². The van der Waals surface area contributed by atoms with E-state index in [1.165, 1.54) is 0 Å². The van der Waals surface area contributed by atoms with Gasteiger partial charge in [0.15, 0.2) is 5.78 Å². The number of hydrogen-bond acceptors (Lipinski definition) is 1. The van der Waals surface area contributed by atoms with Crippen molar-refractivity contribution in [2.45, 2.75) is 19.8 Å². The van der Waals surface area contributed by atoms with E-state index < -0.39 is 0 Å². The molecule has 0 aromatic heterocycles. The molecule has 62 valence electrons. The molecule has 0 bridgehead atoms. The predicted octanol–water partition coefficient (Wildman–Crippen LogP) is 2.59. The Balaban J connectivity index is 2.32. The van der Waals surface area contributed by atoms with Crippen LogP contribution in [-0.2, 0) is 0 Å². The van der Waals surface area contributed by atoms with Crippen LogP contribution < -0.4 is 0 Å². The third-order valence-electron chi connectivity index (χ3n) is 2.36. The Hall–Kier alpha value is -1.11. The number of Topliss-reactive ketones (excluding diaryl/α,β-unsaturated/α-hetero) is 1. The molecule has 1 nitrogen and oxygen atoms in total. The summed E-state index contributed by atoms with van der Waals surface area (Å²) in [4.78, 5) is 11.6. The highest BCUT2D eigenvalue weighted by molar-refractivity contribution is 6.00. The first kappa shape index (κ1) is 7.53. The third kappa shape index (κ3) is 1.27. The monoisotopic (exact) mass is 160 g/mol. The van der Waals surface area contributed by atoms with E-state index in [0.29, 0.717) is 11.7 Å². The van der Waals surface area contributed by atoms with Gasteiger partial charge in [-0.1, -0.05) is 24.3 Å². The minimum Gasteiger partial charge on any atom is -0.294 e. The smallest absolute Gasteiger partial charge is 0.166 e. The lowest BCUT2D eigenvalue weighted by molar-refractivity contribution is 0.0967. The van der Waals surface area contributed by atoms with Gasteiger partial charge in [0.25, 0.3) is 0 Å².